The second-order valence-electron chi connectivity index (χ2n) is 4.20. The highest BCUT2D eigenvalue weighted by molar-refractivity contribution is 5.96. The third kappa shape index (κ3) is 4.23. The van der Waals surface area contributed by atoms with E-state index in [0.717, 1.165) is 12.1 Å². The summed E-state index contributed by atoms with van der Waals surface area (Å²) < 4.78 is 13.5. The van der Waals surface area contributed by atoms with Crippen LogP contribution in [-0.2, 0) is 4.79 Å². The van der Waals surface area contributed by atoms with Gasteiger partial charge in [-0.25, -0.2) is 0 Å². The van der Waals surface area contributed by atoms with Crippen molar-refractivity contribution in [3.8, 4) is 0 Å². The van der Waals surface area contributed by atoms with Crippen LogP contribution in [-0.4, -0.2) is 41.3 Å². The predicted octanol–water partition coefficient (Wildman–Crippen LogP) is 1.33. The summed E-state index contributed by atoms with van der Waals surface area (Å²) >= 11 is 0. The van der Waals surface area contributed by atoms with Crippen molar-refractivity contribution in [1.29, 1.82) is 0 Å². The highest BCUT2D eigenvalue weighted by Gasteiger charge is 2.21. The summed E-state index contributed by atoms with van der Waals surface area (Å²) in [5.74, 6) is -1.97. The Bertz CT molecular complexity index is 562. The van der Waals surface area contributed by atoms with Gasteiger partial charge in [-0.05, 0) is 26.0 Å². The number of likely N-dealkylation sites (N-methyl/N-ethyl adjacent to an activating group) is 2. The second-order valence-corrected chi connectivity index (χ2v) is 4.20. The normalized spacial score (nSPS) is 10.0. The molecule has 21 heavy (non-hydrogen) atoms. The molecule has 2 amide bonds. The Hall–Kier alpha value is -2.51. The number of amides is 2. The molecule has 1 aromatic carbocycles. The molecule has 0 bridgehead atoms. The summed E-state index contributed by atoms with van der Waals surface area (Å²) in [4.78, 5) is 34.5. The maximum Gasteiger partial charge on any atom is 0.304 e. The summed E-state index contributed by atoms with van der Waals surface area (Å²) in [5.41, 5.74) is -0.734. The van der Waals surface area contributed by atoms with Gasteiger partial charge in [0.2, 0.25) is 11.7 Å². The van der Waals surface area contributed by atoms with E-state index < -0.39 is 22.3 Å². The van der Waals surface area contributed by atoms with Crippen molar-refractivity contribution in [2.24, 2.45) is 0 Å². The highest BCUT2D eigenvalue weighted by Crippen LogP contribution is 2.18. The van der Waals surface area contributed by atoms with E-state index in [9.17, 15) is 24.1 Å². The number of carbonyl (C=O) groups excluding carboxylic acids is 2. The fourth-order valence-corrected chi connectivity index (χ4v) is 1.72. The van der Waals surface area contributed by atoms with Crippen molar-refractivity contribution in [2.75, 3.05) is 19.6 Å². The van der Waals surface area contributed by atoms with Crippen LogP contribution in [0.4, 0.5) is 10.1 Å². The molecular weight excluding hydrogens is 281 g/mol. The molecule has 0 aliphatic rings. The minimum absolute atomic E-state index is 0.0377. The average molecular weight is 297 g/mol. The number of rotatable bonds is 6. The largest absolute Gasteiger partial charge is 0.355 e. The van der Waals surface area contributed by atoms with E-state index in [4.69, 9.17) is 0 Å². The topological polar surface area (TPSA) is 92.6 Å². The Kier molecular flexibility index (Phi) is 5.77. The summed E-state index contributed by atoms with van der Waals surface area (Å²) in [6, 6.07) is 2.91. The van der Waals surface area contributed by atoms with Crippen LogP contribution in [0.3, 0.4) is 0 Å². The molecule has 0 saturated heterocycles. The number of hydrogen-bond acceptors (Lipinski definition) is 4. The average Bonchev–Trinajstić information content (AvgIpc) is 2.43. The van der Waals surface area contributed by atoms with Crippen LogP contribution >= 0.6 is 0 Å². The van der Waals surface area contributed by atoms with Gasteiger partial charge in [-0.3, -0.25) is 19.7 Å². The first kappa shape index (κ1) is 16.5. The van der Waals surface area contributed by atoms with Crippen LogP contribution < -0.4 is 5.32 Å². The summed E-state index contributed by atoms with van der Waals surface area (Å²) in [7, 11) is 0. The summed E-state index contributed by atoms with van der Waals surface area (Å²) in [5, 5.41) is 13.1. The fraction of sp³-hybridized carbons (Fsp3) is 0.385. The third-order valence-corrected chi connectivity index (χ3v) is 2.77. The zero-order valence-corrected chi connectivity index (χ0v) is 11.8. The summed E-state index contributed by atoms with van der Waals surface area (Å²) in [6.07, 6.45) is 0. The zero-order chi connectivity index (χ0) is 16.0. The number of nitro benzene ring substituents is 1. The maximum atomic E-state index is 13.5. The number of benzene rings is 1. The Morgan fingerprint density at radius 1 is 1.38 bits per heavy atom. The first-order valence-electron chi connectivity index (χ1n) is 6.40. The minimum atomic E-state index is -1.08. The molecular formula is C13H16FN3O4. The SMILES string of the molecule is CCNC(=O)CN(CC)C(=O)c1ccc([N+](=O)[O-])c(F)c1. The molecule has 7 nitrogen and oxygen atoms in total. The van der Waals surface area contributed by atoms with E-state index >= 15 is 0 Å². The minimum Gasteiger partial charge on any atom is -0.355 e. The van der Waals surface area contributed by atoms with E-state index in [-0.39, 0.29) is 24.6 Å². The van der Waals surface area contributed by atoms with Crippen molar-refractivity contribution in [3.05, 3.63) is 39.7 Å². The number of hydrogen-bond donors (Lipinski definition) is 1. The molecule has 0 aliphatic heterocycles. The van der Waals surface area contributed by atoms with Gasteiger partial charge in [-0.1, -0.05) is 0 Å². The first-order valence-corrected chi connectivity index (χ1v) is 6.40. The summed E-state index contributed by atoms with van der Waals surface area (Å²) in [6.45, 7) is 3.98. The Labute approximate surface area is 120 Å². The maximum absolute atomic E-state index is 13.5. The van der Waals surface area contributed by atoms with Crippen molar-refractivity contribution in [3.63, 3.8) is 0 Å². The molecule has 0 aliphatic carbocycles. The molecule has 0 saturated carbocycles. The van der Waals surface area contributed by atoms with Gasteiger partial charge in [0.25, 0.3) is 5.91 Å². The second kappa shape index (κ2) is 7.32. The van der Waals surface area contributed by atoms with Crippen molar-refractivity contribution < 1.29 is 18.9 Å². The number of nitro groups is 1. The molecule has 0 fully saturated rings. The number of nitrogens with one attached hydrogen (secondary N) is 1. The molecule has 8 heteroatoms. The fourth-order valence-electron chi connectivity index (χ4n) is 1.72. The van der Waals surface area contributed by atoms with Crippen LogP contribution in [0.25, 0.3) is 0 Å². The lowest BCUT2D eigenvalue weighted by atomic mass is 10.1. The lowest BCUT2D eigenvalue weighted by Gasteiger charge is -2.20. The van der Waals surface area contributed by atoms with Crippen LogP contribution in [0.1, 0.15) is 24.2 Å². The van der Waals surface area contributed by atoms with E-state index in [2.05, 4.69) is 5.32 Å². The molecule has 1 N–H and O–H groups in total. The Balaban J connectivity index is 2.92. The van der Waals surface area contributed by atoms with Gasteiger partial charge < -0.3 is 10.2 Å². The molecule has 0 heterocycles. The highest BCUT2D eigenvalue weighted by atomic mass is 19.1. The Morgan fingerprint density at radius 2 is 2.05 bits per heavy atom. The van der Waals surface area contributed by atoms with Crippen LogP contribution in [0.2, 0.25) is 0 Å². The van der Waals surface area contributed by atoms with Gasteiger partial charge in [0, 0.05) is 24.7 Å². The predicted molar refractivity (Wildman–Crippen MR) is 73.3 cm³/mol. The van der Waals surface area contributed by atoms with Gasteiger partial charge in [0.1, 0.15) is 0 Å². The molecule has 0 spiro atoms. The zero-order valence-electron chi connectivity index (χ0n) is 11.8. The van der Waals surface area contributed by atoms with E-state index in [1.807, 2.05) is 0 Å². The van der Waals surface area contributed by atoms with E-state index in [0.29, 0.717) is 6.54 Å². The van der Waals surface area contributed by atoms with Crippen molar-refractivity contribution >= 4 is 17.5 Å². The Morgan fingerprint density at radius 3 is 2.52 bits per heavy atom. The lowest BCUT2D eigenvalue weighted by molar-refractivity contribution is -0.387. The number of nitrogens with zero attached hydrogens (tertiary/aromatic N) is 2. The lowest BCUT2D eigenvalue weighted by Crippen LogP contribution is -2.40. The monoisotopic (exact) mass is 297 g/mol. The standard InChI is InChI=1S/C13H16FN3O4/c1-3-15-12(18)8-16(4-2)13(19)9-5-6-11(17(20)21)10(14)7-9/h5-7H,3-4,8H2,1-2H3,(H,15,18). The van der Waals surface area contributed by atoms with Crippen LogP contribution in [0.5, 0.6) is 0 Å². The third-order valence-electron chi connectivity index (χ3n) is 2.77. The van der Waals surface area contributed by atoms with Crippen LogP contribution in [0.15, 0.2) is 18.2 Å². The number of carbonyl (C=O) groups is 2. The van der Waals surface area contributed by atoms with Gasteiger partial charge in [-0.15, -0.1) is 0 Å². The first-order chi connectivity index (χ1) is 9.90. The quantitative estimate of drug-likeness (QED) is 0.633. The van der Waals surface area contributed by atoms with Gasteiger partial charge >= 0.3 is 5.69 Å². The van der Waals surface area contributed by atoms with Crippen molar-refractivity contribution in [2.45, 2.75) is 13.8 Å². The smallest absolute Gasteiger partial charge is 0.304 e. The molecule has 114 valence electrons. The molecule has 1 aromatic rings. The van der Waals surface area contributed by atoms with Gasteiger partial charge in [0.05, 0.1) is 11.5 Å². The molecule has 0 aromatic heterocycles. The molecule has 0 unspecified atom stereocenters. The number of halogens is 1. The van der Waals surface area contributed by atoms with E-state index in [1.165, 1.54) is 11.0 Å². The van der Waals surface area contributed by atoms with Gasteiger partial charge in [-0.2, -0.15) is 4.39 Å². The molecule has 0 atom stereocenters. The molecule has 1 rings (SSSR count). The van der Waals surface area contributed by atoms with Crippen molar-refractivity contribution in [1.82, 2.24) is 10.2 Å². The van der Waals surface area contributed by atoms with Crippen LogP contribution in [0, 0.1) is 15.9 Å². The molecule has 0 radical (unpaired) electrons. The van der Waals surface area contributed by atoms with E-state index in [1.54, 1.807) is 13.8 Å². The van der Waals surface area contributed by atoms with Gasteiger partial charge in [0.15, 0.2) is 0 Å².